The fourth-order valence-corrected chi connectivity index (χ4v) is 2.21. The normalized spacial score (nSPS) is 10.5. The Hall–Kier alpha value is -2.95. The molecule has 1 aromatic heterocycles. The molecule has 5 heteroatoms. The second-order valence-electron chi connectivity index (χ2n) is 4.83. The Balaban J connectivity index is 2.02. The van der Waals surface area contributed by atoms with Crippen molar-refractivity contribution in [2.45, 2.75) is 6.42 Å². The van der Waals surface area contributed by atoms with E-state index >= 15 is 0 Å². The molecular weight excluding hydrogens is 278 g/mol. The molecular formula is C17H14N3O2-. The lowest BCUT2D eigenvalue weighted by Gasteiger charge is -2.11. The van der Waals surface area contributed by atoms with Crippen LogP contribution in [0.4, 0.5) is 5.82 Å². The number of fused-ring (bicyclic) bond motifs is 1. The molecule has 0 bridgehead atoms. The summed E-state index contributed by atoms with van der Waals surface area (Å²) in [7, 11) is 0. The topological polar surface area (TPSA) is 77.9 Å². The van der Waals surface area contributed by atoms with E-state index < -0.39 is 5.97 Å². The second-order valence-corrected chi connectivity index (χ2v) is 4.83. The number of nitrogens with one attached hydrogen (secondary N) is 1. The van der Waals surface area contributed by atoms with Crippen LogP contribution in [0.3, 0.4) is 0 Å². The van der Waals surface area contributed by atoms with Crippen LogP contribution >= 0.6 is 0 Å². The Morgan fingerprint density at radius 1 is 1.00 bits per heavy atom. The molecule has 0 saturated heterocycles. The first-order valence-electron chi connectivity index (χ1n) is 7.00. The van der Waals surface area contributed by atoms with E-state index in [0.717, 1.165) is 16.5 Å². The van der Waals surface area contributed by atoms with Gasteiger partial charge in [-0.05, 0) is 12.1 Å². The molecule has 3 aromatic rings. The lowest BCUT2D eigenvalue weighted by Crippen LogP contribution is -2.25. The van der Waals surface area contributed by atoms with Crippen molar-refractivity contribution in [3.05, 3.63) is 54.6 Å². The first-order valence-corrected chi connectivity index (χ1v) is 7.00. The Labute approximate surface area is 127 Å². The average Bonchev–Trinajstić information content (AvgIpc) is 2.55. The largest absolute Gasteiger partial charge is 0.550 e. The number of carboxylic acid groups (broad SMARTS) is 1. The van der Waals surface area contributed by atoms with Crippen molar-refractivity contribution in [1.29, 1.82) is 0 Å². The van der Waals surface area contributed by atoms with Gasteiger partial charge >= 0.3 is 0 Å². The Kier molecular flexibility index (Phi) is 3.96. The molecule has 0 unspecified atom stereocenters. The molecule has 5 nitrogen and oxygen atoms in total. The summed E-state index contributed by atoms with van der Waals surface area (Å²) < 4.78 is 0. The second kappa shape index (κ2) is 6.22. The van der Waals surface area contributed by atoms with Crippen LogP contribution in [0.1, 0.15) is 6.42 Å². The highest BCUT2D eigenvalue weighted by Crippen LogP contribution is 2.24. The third kappa shape index (κ3) is 3.03. The van der Waals surface area contributed by atoms with E-state index in [9.17, 15) is 9.90 Å². The number of rotatable bonds is 5. The van der Waals surface area contributed by atoms with Crippen molar-refractivity contribution in [2.75, 3.05) is 11.9 Å². The first-order chi connectivity index (χ1) is 10.7. The van der Waals surface area contributed by atoms with Gasteiger partial charge in [0.1, 0.15) is 5.82 Å². The van der Waals surface area contributed by atoms with Crippen LogP contribution < -0.4 is 10.4 Å². The van der Waals surface area contributed by atoms with Crippen molar-refractivity contribution >= 4 is 22.7 Å². The van der Waals surface area contributed by atoms with Gasteiger partial charge in [-0.3, -0.25) is 0 Å². The van der Waals surface area contributed by atoms with E-state index in [1.54, 1.807) is 0 Å². The molecule has 0 spiro atoms. The van der Waals surface area contributed by atoms with E-state index in [-0.39, 0.29) is 13.0 Å². The molecule has 3 rings (SSSR count). The van der Waals surface area contributed by atoms with Crippen LogP contribution in [0.25, 0.3) is 22.3 Å². The number of hydrogen-bond acceptors (Lipinski definition) is 5. The average molecular weight is 292 g/mol. The minimum Gasteiger partial charge on any atom is -0.550 e. The summed E-state index contributed by atoms with van der Waals surface area (Å²) in [6.07, 6.45) is -0.0704. The first kappa shape index (κ1) is 14.0. The monoisotopic (exact) mass is 292 g/mol. The number of para-hydroxylation sites is 1. The summed E-state index contributed by atoms with van der Waals surface area (Å²) in [4.78, 5) is 19.7. The summed E-state index contributed by atoms with van der Waals surface area (Å²) in [5, 5.41) is 14.5. The summed E-state index contributed by atoms with van der Waals surface area (Å²) in [5.41, 5.74) is 1.73. The van der Waals surface area contributed by atoms with Gasteiger partial charge in [-0.1, -0.05) is 42.5 Å². The van der Waals surface area contributed by atoms with Gasteiger partial charge in [0.15, 0.2) is 5.82 Å². The van der Waals surface area contributed by atoms with Crippen LogP contribution in [-0.4, -0.2) is 22.5 Å². The standard InChI is InChI=1S/C17H15N3O2/c21-15(22)10-11-18-17-13-8-4-5-9-14(13)19-16(20-17)12-6-2-1-3-7-12/h1-9H,10-11H2,(H,21,22)(H,18,19,20)/p-1. The minimum atomic E-state index is -1.09. The van der Waals surface area contributed by atoms with Crippen molar-refractivity contribution in [1.82, 2.24) is 9.97 Å². The third-order valence-electron chi connectivity index (χ3n) is 3.26. The van der Waals surface area contributed by atoms with Crippen molar-refractivity contribution < 1.29 is 9.90 Å². The molecule has 0 fully saturated rings. The maximum Gasteiger partial charge on any atom is 0.162 e. The number of carbonyl (C=O) groups excluding carboxylic acids is 1. The van der Waals surface area contributed by atoms with Gasteiger partial charge in [-0.2, -0.15) is 0 Å². The van der Waals surface area contributed by atoms with E-state index in [0.29, 0.717) is 11.6 Å². The third-order valence-corrected chi connectivity index (χ3v) is 3.26. The van der Waals surface area contributed by atoms with Gasteiger partial charge in [0, 0.05) is 29.9 Å². The van der Waals surface area contributed by atoms with Crippen LogP contribution in [0.5, 0.6) is 0 Å². The van der Waals surface area contributed by atoms with Gasteiger partial charge in [0.25, 0.3) is 0 Å². The van der Waals surface area contributed by atoms with E-state index in [1.165, 1.54) is 0 Å². The summed E-state index contributed by atoms with van der Waals surface area (Å²) in [6, 6.07) is 17.3. The lowest BCUT2D eigenvalue weighted by molar-refractivity contribution is -0.305. The van der Waals surface area contributed by atoms with Crippen LogP contribution in [0.15, 0.2) is 54.6 Å². The molecule has 0 atom stereocenters. The number of benzene rings is 2. The lowest BCUT2D eigenvalue weighted by atomic mass is 10.2. The number of anilines is 1. The summed E-state index contributed by atoms with van der Waals surface area (Å²) in [5.74, 6) is 0.148. The Bertz CT molecular complexity index is 803. The highest BCUT2D eigenvalue weighted by atomic mass is 16.4. The SMILES string of the molecule is O=C([O-])CCNc1nc(-c2ccccc2)nc2ccccc12. The van der Waals surface area contributed by atoms with Gasteiger partial charge in [0.05, 0.1) is 5.52 Å². The number of carbonyl (C=O) groups is 1. The molecule has 110 valence electrons. The predicted octanol–water partition coefficient (Wildman–Crippen LogP) is 1.85. The smallest absolute Gasteiger partial charge is 0.162 e. The summed E-state index contributed by atoms with van der Waals surface area (Å²) >= 11 is 0. The zero-order chi connectivity index (χ0) is 15.4. The molecule has 0 aliphatic carbocycles. The number of hydrogen-bond donors (Lipinski definition) is 1. The highest BCUT2D eigenvalue weighted by Gasteiger charge is 2.08. The fraction of sp³-hybridized carbons (Fsp3) is 0.118. The predicted molar refractivity (Wildman–Crippen MR) is 83.1 cm³/mol. The van der Waals surface area contributed by atoms with E-state index in [4.69, 9.17) is 0 Å². The molecule has 2 aromatic carbocycles. The number of carboxylic acids is 1. The van der Waals surface area contributed by atoms with Crippen LogP contribution in [-0.2, 0) is 4.79 Å². The quantitative estimate of drug-likeness (QED) is 0.776. The molecule has 0 aliphatic heterocycles. The zero-order valence-corrected chi connectivity index (χ0v) is 11.8. The Morgan fingerprint density at radius 2 is 1.73 bits per heavy atom. The summed E-state index contributed by atoms with van der Waals surface area (Å²) in [6.45, 7) is 0.261. The van der Waals surface area contributed by atoms with E-state index in [2.05, 4.69) is 15.3 Å². The highest BCUT2D eigenvalue weighted by molar-refractivity contribution is 5.90. The molecule has 0 aliphatic rings. The molecule has 1 heterocycles. The van der Waals surface area contributed by atoms with Crippen molar-refractivity contribution in [3.63, 3.8) is 0 Å². The molecule has 22 heavy (non-hydrogen) atoms. The fourth-order valence-electron chi connectivity index (χ4n) is 2.21. The van der Waals surface area contributed by atoms with Crippen molar-refractivity contribution in [3.8, 4) is 11.4 Å². The minimum absolute atomic E-state index is 0.0704. The number of aromatic nitrogens is 2. The Morgan fingerprint density at radius 3 is 2.50 bits per heavy atom. The molecule has 0 saturated carbocycles. The van der Waals surface area contributed by atoms with Gasteiger partial charge in [-0.25, -0.2) is 9.97 Å². The van der Waals surface area contributed by atoms with Gasteiger partial charge in [-0.15, -0.1) is 0 Å². The number of nitrogens with zero attached hydrogens (tertiary/aromatic N) is 2. The van der Waals surface area contributed by atoms with Crippen LogP contribution in [0.2, 0.25) is 0 Å². The van der Waals surface area contributed by atoms with Crippen molar-refractivity contribution in [2.24, 2.45) is 0 Å². The van der Waals surface area contributed by atoms with Gasteiger partial charge < -0.3 is 15.2 Å². The maximum atomic E-state index is 10.6. The molecule has 0 amide bonds. The van der Waals surface area contributed by atoms with Gasteiger partial charge in [0.2, 0.25) is 0 Å². The molecule has 1 N–H and O–H groups in total. The molecule has 0 radical (unpaired) electrons. The zero-order valence-electron chi connectivity index (χ0n) is 11.8. The van der Waals surface area contributed by atoms with E-state index in [1.807, 2.05) is 54.6 Å². The van der Waals surface area contributed by atoms with Crippen LogP contribution in [0, 0.1) is 0 Å². The maximum absolute atomic E-state index is 10.6. The number of aliphatic carboxylic acids is 1.